The van der Waals surface area contributed by atoms with Gasteiger partial charge in [-0.25, -0.2) is 8.42 Å². The Balaban J connectivity index is 1.96. The molecule has 2 aromatic carbocycles. The summed E-state index contributed by atoms with van der Waals surface area (Å²) >= 11 is 6.15. The van der Waals surface area contributed by atoms with Crippen LogP contribution < -0.4 is 11.2 Å². The zero-order chi connectivity index (χ0) is 15.9. The van der Waals surface area contributed by atoms with Crippen molar-refractivity contribution in [3.05, 3.63) is 52.5 Å². The fraction of sp³-hybridized carbons (Fsp3) is 0.143. The van der Waals surface area contributed by atoms with Gasteiger partial charge in [0, 0.05) is 10.7 Å². The molecule has 0 bridgehead atoms. The van der Waals surface area contributed by atoms with Gasteiger partial charge in [0.05, 0.1) is 17.3 Å². The first-order valence-electron chi connectivity index (χ1n) is 6.56. The number of nitrogen functional groups attached to an aromatic ring is 1. The topological polar surface area (TPSA) is 89.6 Å². The molecule has 1 aliphatic rings. The van der Waals surface area contributed by atoms with Crippen molar-refractivity contribution < 1.29 is 18.1 Å². The Morgan fingerprint density at radius 1 is 1.27 bits per heavy atom. The summed E-state index contributed by atoms with van der Waals surface area (Å²) in [5.74, 6) is -0.254. The first kappa shape index (κ1) is 15.4. The summed E-state index contributed by atoms with van der Waals surface area (Å²) in [6, 6.07) is 9.22. The average Bonchev–Trinajstić information content (AvgIpc) is 2.80. The molecule has 22 heavy (non-hydrogen) atoms. The van der Waals surface area contributed by atoms with Crippen molar-refractivity contribution in [2.45, 2.75) is 17.3 Å². The molecule has 0 aliphatic carbocycles. The minimum Gasteiger partial charge on any atom is -0.423 e. The first-order chi connectivity index (χ1) is 10.4. The largest absolute Gasteiger partial charge is 0.491 e. The summed E-state index contributed by atoms with van der Waals surface area (Å²) in [5.41, 5.74) is 7.82. The number of hydrogen-bond donors (Lipinski definition) is 2. The molecular weight excluding hydrogens is 324 g/mol. The van der Waals surface area contributed by atoms with Gasteiger partial charge in [-0.3, -0.25) is 0 Å². The van der Waals surface area contributed by atoms with Gasteiger partial charge in [0.1, 0.15) is 0 Å². The van der Waals surface area contributed by atoms with Crippen LogP contribution in [0.15, 0.2) is 41.3 Å². The van der Waals surface area contributed by atoms with Crippen LogP contribution in [0.3, 0.4) is 0 Å². The lowest BCUT2D eigenvalue weighted by atomic mass is 9.79. The van der Waals surface area contributed by atoms with Crippen LogP contribution in [0, 0.1) is 0 Å². The lowest BCUT2D eigenvalue weighted by Gasteiger charge is -2.09. The van der Waals surface area contributed by atoms with Crippen LogP contribution in [0.25, 0.3) is 0 Å². The van der Waals surface area contributed by atoms with E-state index in [2.05, 4.69) is 0 Å². The van der Waals surface area contributed by atoms with Crippen LogP contribution in [0.2, 0.25) is 5.02 Å². The van der Waals surface area contributed by atoms with E-state index < -0.39 is 17.0 Å². The highest BCUT2D eigenvalue weighted by atomic mass is 35.5. The Labute approximate surface area is 133 Å². The van der Waals surface area contributed by atoms with Gasteiger partial charge in [-0.05, 0) is 46.9 Å². The van der Waals surface area contributed by atoms with E-state index in [4.69, 9.17) is 22.0 Å². The highest BCUT2D eigenvalue weighted by Gasteiger charge is 2.29. The Bertz CT molecular complexity index is 823. The molecule has 0 amide bonds. The van der Waals surface area contributed by atoms with E-state index in [1.54, 1.807) is 12.1 Å². The van der Waals surface area contributed by atoms with Crippen molar-refractivity contribution in [2.24, 2.45) is 0 Å². The molecule has 114 valence electrons. The molecule has 5 nitrogen and oxygen atoms in total. The average molecular weight is 338 g/mol. The second-order valence-corrected chi connectivity index (χ2v) is 7.53. The third kappa shape index (κ3) is 2.85. The normalized spacial score (nSPS) is 14.2. The lowest BCUT2D eigenvalue weighted by molar-refractivity contribution is 0.275. The van der Waals surface area contributed by atoms with E-state index in [9.17, 15) is 13.4 Å². The molecule has 3 rings (SSSR count). The number of fused-ring (bicyclic) bond motifs is 1. The summed E-state index contributed by atoms with van der Waals surface area (Å²) in [5, 5.41) is 10.1. The van der Waals surface area contributed by atoms with E-state index in [1.807, 2.05) is 0 Å². The summed E-state index contributed by atoms with van der Waals surface area (Å²) in [6.45, 7) is 0.265. The molecule has 3 N–H and O–H groups in total. The molecule has 1 heterocycles. The maximum Gasteiger partial charge on any atom is 0.491 e. The van der Waals surface area contributed by atoms with Gasteiger partial charge < -0.3 is 15.4 Å². The van der Waals surface area contributed by atoms with Crippen LogP contribution >= 0.6 is 11.6 Å². The zero-order valence-corrected chi connectivity index (χ0v) is 13.1. The predicted molar refractivity (Wildman–Crippen MR) is 85.6 cm³/mol. The maximum atomic E-state index is 12.5. The third-order valence-electron chi connectivity index (χ3n) is 3.56. The van der Waals surface area contributed by atoms with Crippen LogP contribution in [0.1, 0.15) is 11.1 Å². The van der Waals surface area contributed by atoms with Crippen molar-refractivity contribution in [1.29, 1.82) is 0 Å². The van der Waals surface area contributed by atoms with Crippen molar-refractivity contribution in [3.63, 3.8) is 0 Å². The summed E-state index contributed by atoms with van der Waals surface area (Å²) in [4.78, 5) is 0.176. The van der Waals surface area contributed by atoms with Crippen molar-refractivity contribution >= 4 is 39.7 Å². The second kappa shape index (κ2) is 5.59. The molecule has 0 atom stereocenters. The summed E-state index contributed by atoms with van der Waals surface area (Å²) in [7, 11) is -4.59. The van der Waals surface area contributed by atoms with E-state index in [1.165, 1.54) is 24.3 Å². The van der Waals surface area contributed by atoms with Gasteiger partial charge >= 0.3 is 7.12 Å². The molecule has 0 spiro atoms. The van der Waals surface area contributed by atoms with Crippen LogP contribution in [-0.4, -0.2) is 20.6 Å². The van der Waals surface area contributed by atoms with Gasteiger partial charge in [-0.2, -0.15) is 0 Å². The zero-order valence-electron chi connectivity index (χ0n) is 11.5. The molecule has 0 saturated carbocycles. The van der Waals surface area contributed by atoms with Crippen LogP contribution in [-0.2, 0) is 26.9 Å². The van der Waals surface area contributed by atoms with E-state index >= 15 is 0 Å². The molecule has 0 aromatic heterocycles. The van der Waals surface area contributed by atoms with E-state index in [0.29, 0.717) is 21.7 Å². The predicted octanol–water partition coefficient (Wildman–Crippen LogP) is 1.11. The fourth-order valence-corrected chi connectivity index (χ4v) is 4.06. The Kier molecular flexibility index (Phi) is 3.90. The van der Waals surface area contributed by atoms with E-state index in [0.717, 1.165) is 5.56 Å². The number of anilines is 1. The highest BCUT2D eigenvalue weighted by Crippen LogP contribution is 2.25. The highest BCUT2D eigenvalue weighted by molar-refractivity contribution is 7.90. The minimum atomic E-state index is -3.55. The Morgan fingerprint density at radius 2 is 1.95 bits per heavy atom. The third-order valence-corrected chi connectivity index (χ3v) is 5.59. The van der Waals surface area contributed by atoms with Crippen LogP contribution in [0.5, 0.6) is 0 Å². The molecule has 8 heteroatoms. The van der Waals surface area contributed by atoms with Gasteiger partial charge in [0.25, 0.3) is 0 Å². The van der Waals surface area contributed by atoms with Gasteiger partial charge in [0.15, 0.2) is 9.84 Å². The standard InChI is InChI=1S/C14H13BClNO4S/c16-14-6-9-7-21-15(18)13(9)5-10(14)8-22(19,20)12-3-1-11(17)2-4-12/h1-6,18H,7-8,17H2. The van der Waals surface area contributed by atoms with Crippen LogP contribution in [0.4, 0.5) is 5.69 Å². The second-order valence-electron chi connectivity index (χ2n) is 5.13. The van der Waals surface area contributed by atoms with Crippen molar-refractivity contribution in [2.75, 3.05) is 5.73 Å². The SMILES string of the molecule is Nc1ccc(S(=O)(=O)Cc2cc3c(cc2Cl)COB3O)cc1. The molecule has 0 saturated heterocycles. The molecule has 2 aromatic rings. The summed E-state index contributed by atoms with van der Waals surface area (Å²) < 4.78 is 30.0. The lowest BCUT2D eigenvalue weighted by Crippen LogP contribution is -2.28. The van der Waals surface area contributed by atoms with Gasteiger partial charge in [-0.15, -0.1) is 0 Å². The molecular formula is C14H13BClNO4S. The van der Waals surface area contributed by atoms with Crippen molar-refractivity contribution in [3.8, 4) is 0 Å². The van der Waals surface area contributed by atoms with E-state index in [-0.39, 0.29) is 17.3 Å². The first-order valence-corrected chi connectivity index (χ1v) is 8.59. The Morgan fingerprint density at radius 3 is 2.64 bits per heavy atom. The fourth-order valence-electron chi connectivity index (χ4n) is 2.37. The number of rotatable bonds is 3. The molecule has 0 unspecified atom stereocenters. The maximum absolute atomic E-state index is 12.5. The smallest absolute Gasteiger partial charge is 0.423 e. The number of benzene rings is 2. The molecule has 0 radical (unpaired) electrons. The Hall–Kier alpha value is -1.54. The number of halogens is 1. The number of sulfone groups is 1. The minimum absolute atomic E-state index is 0.176. The van der Waals surface area contributed by atoms with Crippen molar-refractivity contribution in [1.82, 2.24) is 0 Å². The van der Waals surface area contributed by atoms with Gasteiger partial charge in [0.2, 0.25) is 0 Å². The quantitative estimate of drug-likeness (QED) is 0.647. The number of nitrogens with two attached hydrogens (primary N) is 1. The summed E-state index contributed by atoms with van der Waals surface area (Å²) in [6.07, 6.45) is 0. The molecule has 1 aliphatic heterocycles. The monoisotopic (exact) mass is 337 g/mol. The van der Waals surface area contributed by atoms with Gasteiger partial charge in [-0.1, -0.05) is 17.7 Å². The number of hydrogen-bond acceptors (Lipinski definition) is 5. The molecule has 0 fully saturated rings.